The molecule has 4 rings (SSSR count). The van der Waals surface area contributed by atoms with E-state index in [-0.39, 0.29) is 25.3 Å². The maximum absolute atomic E-state index is 12.9. The van der Waals surface area contributed by atoms with E-state index < -0.39 is 17.0 Å². The van der Waals surface area contributed by atoms with E-state index in [1.807, 2.05) is 18.2 Å². The lowest BCUT2D eigenvalue weighted by Gasteiger charge is -2.41. The van der Waals surface area contributed by atoms with E-state index in [9.17, 15) is 19.8 Å². The summed E-state index contributed by atoms with van der Waals surface area (Å²) < 4.78 is 0. The van der Waals surface area contributed by atoms with Gasteiger partial charge in [-0.05, 0) is 49.3 Å². The van der Waals surface area contributed by atoms with Crippen molar-refractivity contribution in [3.63, 3.8) is 0 Å². The minimum Gasteiger partial charge on any atom is -0.481 e. The molecule has 2 fully saturated rings. The number of nitrogens with zero attached hydrogens (tertiary/aromatic N) is 4. The zero-order valence-corrected chi connectivity index (χ0v) is 18.7. The molecule has 32 heavy (non-hydrogen) atoms. The summed E-state index contributed by atoms with van der Waals surface area (Å²) in [6.45, 7) is 1.59. The predicted molar refractivity (Wildman–Crippen MR) is 121 cm³/mol. The van der Waals surface area contributed by atoms with Crippen molar-refractivity contribution >= 4 is 28.6 Å². The normalized spacial score (nSPS) is 19.8. The molecule has 0 aromatic carbocycles. The Bertz CT molecular complexity index is 976. The van der Waals surface area contributed by atoms with Crippen LogP contribution in [0.4, 0.5) is 5.69 Å². The van der Waals surface area contributed by atoms with E-state index in [4.69, 9.17) is 0 Å². The number of carboxylic acids is 1. The fourth-order valence-electron chi connectivity index (χ4n) is 5.39. The summed E-state index contributed by atoms with van der Waals surface area (Å²) in [5.74, 6) is -0.917. The Labute approximate surface area is 188 Å². The van der Waals surface area contributed by atoms with Gasteiger partial charge in [0.1, 0.15) is 5.52 Å². The number of rotatable bonds is 7. The molecular formula is C24H32N4O4. The summed E-state index contributed by atoms with van der Waals surface area (Å²) in [6, 6.07) is 5.76. The highest BCUT2D eigenvalue weighted by atomic mass is 16.4. The third-order valence-electron chi connectivity index (χ3n) is 7.18. The third kappa shape index (κ3) is 4.85. The molecule has 3 heterocycles. The number of hydrogen-bond acceptors (Lipinski definition) is 6. The lowest BCUT2D eigenvalue weighted by molar-refractivity contribution is -0.142. The van der Waals surface area contributed by atoms with Crippen LogP contribution in [-0.4, -0.2) is 69.2 Å². The van der Waals surface area contributed by atoms with Crippen molar-refractivity contribution in [2.24, 2.45) is 5.41 Å². The topological polar surface area (TPSA) is 107 Å². The lowest BCUT2D eigenvalue weighted by Crippen LogP contribution is -2.51. The van der Waals surface area contributed by atoms with Crippen molar-refractivity contribution in [1.82, 2.24) is 14.9 Å². The molecular weight excluding hydrogens is 408 g/mol. The predicted octanol–water partition coefficient (Wildman–Crippen LogP) is 2.84. The van der Waals surface area contributed by atoms with E-state index in [1.165, 1.54) is 0 Å². The number of aliphatic hydroxyl groups is 1. The summed E-state index contributed by atoms with van der Waals surface area (Å²) >= 11 is 0. The highest BCUT2D eigenvalue weighted by Gasteiger charge is 2.40. The first-order valence-electron chi connectivity index (χ1n) is 11.4. The monoisotopic (exact) mass is 440 g/mol. The van der Waals surface area contributed by atoms with Crippen LogP contribution in [0.2, 0.25) is 0 Å². The van der Waals surface area contributed by atoms with E-state index >= 15 is 0 Å². The Kier molecular flexibility index (Phi) is 6.33. The molecule has 1 saturated heterocycles. The number of hydrogen-bond donors (Lipinski definition) is 2. The average molecular weight is 441 g/mol. The average Bonchev–Trinajstić information content (AvgIpc) is 3.21. The smallest absolute Gasteiger partial charge is 0.303 e. The lowest BCUT2D eigenvalue weighted by atomic mass is 9.79. The minimum absolute atomic E-state index is 0.0414. The largest absolute Gasteiger partial charge is 0.481 e. The number of anilines is 1. The standard InChI is InChI=1S/C24H32N4O4/c1-27(20(29)15-23(16-21(30)31)7-2-3-8-23)17-24(32)9-13-28(14-10-24)19-6-12-25-18-5-4-11-26-22(18)19/h4-6,11-12,32H,2-3,7-10,13-17H2,1H3,(H,30,31). The van der Waals surface area contributed by atoms with Crippen LogP contribution in [0.1, 0.15) is 51.4 Å². The van der Waals surface area contributed by atoms with Gasteiger partial charge in [0.15, 0.2) is 0 Å². The van der Waals surface area contributed by atoms with Crippen LogP contribution >= 0.6 is 0 Å². The molecule has 2 aromatic rings. The van der Waals surface area contributed by atoms with E-state index in [1.54, 1.807) is 24.3 Å². The first-order chi connectivity index (χ1) is 15.3. The van der Waals surface area contributed by atoms with E-state index in [2.05, 4.69) is 14.9 Å². The van der Waals surface area contributed by atoms with Crippen LogP contribution in [-0.2, 0) is 9.59 Å². The first kappa shape index (κ1) is 22.5. The van der Waals surface area contributed by atoms with Crippen molar-refractivity contribution in [3.8, 4) is 0 Å². The van der Waals surface area contributed by atoms with Crippen molar-refractivity contribution in [1.29, 1.82) is 0 Å². The second-order valence-electron chi connectivity index (χ2n) is 9.62. The van der Waals surface area contributed by atoms with Gasteiger partial charge in [-0.25, -0.2) is 0 Å². The number of likely N-dealkylation sites (N-methyl/N-ethyl adjacent to an activating group) is 1. The van der Waals surface area contributed by atoms with Crippen LogP contribution in [0.25, 0.3) is 11.0 Å². The minimum atomic E-state index is -0.952. The van der Waals surface area contributed by atoms with Gasteiger partial charge in [0.05, 0.1) is 23.2 Å². The maximum atomic E-state index is 12.9. The van der Waals surface area contributed by atoms with Gasteiger partial charge in [-0.1, -0.05) is 12.8 Å². The Morgan fingerprint density at radius 1 is 1.06 bits per heavy atom. The molecule has 0 atom stereocenters. The van der Waals surface area contributed by atoms with Gasteiger partial charge in [0, 0.05) is 45.5 Å². The quantitative estimate of drug-likeness (QED) is 0.682. The van der Waals surface area contributed by atoms with Gasteiger partial charge in [0.25, 0.3) is 0 Å². The third-order valence-corrected chi connectivity index (χ3v) is 7.18. The fourth-order valence-corrected chi connectivity index (χ4v) is 5.39. The van der Waals surface area contributed by atoms with E-state index in [0.717, 1.165) is 42.4 Å². The summed E-state index contributed by atoms with van der Waals surface area (Å²) in [5, 5.41) is 20.5. The molecule has 1 amide bonds. The molecule has 2 aliphatic rings. The van der Waals surface area contributed by atoms with Gasteiger partial charge in [-0.3, -0.25) is 19.6 Å². The highest BCUT2D eigenvalue weighted by Crippen LogP contribution is 2.44. The van der Waals surface area contributed by atoms with Crippen LogP contribution in [0.5, 0.6) is 0 Å². The van der Waals surface area contributed by atoms with Crippen LogP contribution in [0, 0.1) is 5.41 Å². The summed E-state index contributed by atoms with van der Waals surface area (Å²) in [4.78, 5) is 36.9. The van der Waals surface area contributed by atoms with Gasteiger partial charge < -0.3 is 20.0 Å². The molecule has 2 aromatic heterocycles. The van der Waals surface area contributed by atoms with Crippen LogP contribution in [0.15, 0.2) is 30.6 Å². The second-order valence-corrected chi connectivity index (χ2v) is 9.62. The molecule has 0 spiro atoms. The first-order valence-corrected chi connectivity index (χ1v) is 11.4. The summed E-state index contributed by atoms with van der Waals surface area (Å²) in [6.07, 6.45) is 8.43. The van der Waals surface area contributed by atoms with Crippen molar-refractivity contribution in [3.05, 3.63) is 30.6 Å². The molecule has 1 aliphatic carbocycles. The molecule has 0 unspecified atom stereocenters. The molecule has 1 aliphatic heterocycles. The number of carbonyl (C=O) groups excluding carboxylic acids is 1. The SMILES string of the molecule is CN(CC1(O)CCN(c2ccnc3cccnc23)CC1)C(=O)CC1(CC(=O)O)CCCC1. The number of aliphatic carboxylic acids is 1. The second kappa shape index (κ2) is 9.02. The van der Waals surface area contributed by atoms with Crippen molar-refractivity contribution in [2.75, 3.05) is 31.6 Å². The zero-order chi connectivity index (χ0) is 22.8. The van der Waals surface area contributed by atoms with Gasteiger partial charge in [0.2, 0.25) is 5.91 Å². The Morgan fingerprint density at radius 2 is 1.78 bits per heavy atom. The molecule has 8 heteroatoms. The Balaban J connectivity index is 1.37. The van der Waals surface area contributed by atoms with E-state index in [0.29, 0.717) is 25.9 Å². The molecule has 0 radical (unpaired) electrons. The van der Waals surface area contributed by atoms with Crippen molar-refractivity contribution in [2.45, 2.75) is 57.0 Å². The number of amides is 1. The zero-order valence-electron chi connectivity index (χ0n) is 18.7. The van der Waals surface area contributed by atoms with Gasteiger partial charge in [-0.2, -0.15) is 0 Å². The number of pyridine rings is 2. The maximum Gasteiger partial charge on any atom is 0.303 e. The molecule has 172 valence electrons. The Hall–Kier alpha value is -2.74. The highest BCUT2D eigenvalue weighted by molar-refractivity contribution is 5.87. The van der Waals surface area contributed by atoms with Crippen molar-refractivity contribution < 1.29 is 19.8 Å². The van der Waals surface area contributed by atoms with Gasteiger partial charge >= 0.3 is 5.97 Å². The number of carbonyl (C=O) groups is 2. The van der Waals surface area contributed by atoms with Gasteiger partial charge in [-0.15, -0.1) is 0 Å². The molecule has 2 N–H and O–H groups in total. The molecule has 1 saturated carbocycles. The number of carboxylic acid groups (broad SMARTS) is 1. The fraction of sp³-hybridized carbons (Fsp3) is 0.583. The summed E-state index contributed by atoms with van der Waals surface area (Å²) in [5.41, 5.74) is 1.33. The van der Waals surface area contributed by atoms with Crippen LogP contribution < -0.4 is 4.90 Å². The molecule has 0 bridgehead atoms. The number of fused-ring (bicyclic) bond motifs is 1. The number of aromatic nitrogens is 2. The van der Waals surface area contributed by atoms with Crippen LogP contribution in [0.3, 0.4) is 0 Å². The summed E-state index contributed by atoms with van der Waals surface area (Å²) in [7, 11) is 1.72. The molecule has 8 nitrogen and oxygen atoms in total. The number of piperidine rings is 1. The Morgan fingerprint density at radius 3 is 2.47 bits per heavy atom.